The number of carbonyl (C=O) groups excluding carboxylic acids is 4. The third kappa shape index (κ3) is 5.56. The first kappa shape index (κ1) is 26.4. The first-order valence-electron chi connectivity index (χ1n) is 11.0. The predicted molar refractivity (Wildman–Crippen MR) is 124 cm³/mol. The topological polar surface area (TPSA) is 137 Å². The van der Waals surface area contributed by atoms with Crippen molar-refractivity contribution in [2.24, 2.45) is 4.99 Å². The minimum absolute atomic E-state index is 0.00327. The lowest BCUT2D eigenvalue weighted by Crippen LogP contribution is -2.62. The Labute approximate surface area is 203 Å². The average Bonchev–Trinajstić information content (AvgIpc) is 2.80. The van der Waals surface area contributed by atoms with Crippen LogP contribution in [0, 0.1) is 12.7 Å². The van der Waals surface area contributed by atoms with Gasteiger partial charge in [0, 0.05) is 34.2 Å². The van der Waals surface area contributed by atoms with Crippen molar-refractivity contribution in [1.82, 2.24) is 19.4 Å². The van der Waals surface area contributed by atoms with E-state index < -0.39 is 51.4 Å². The Morgan fingerprint density at radius 2 is 1.91 bits per heavy atom. The molecule has 2 aliphatic rings. The van der Waals surface area contributed by atoms with E-state index in [-0.39, 0.29) is 24.7 Å². The number of amidine groups is 1. The van der Waals surface area contributed by atoms with Crippen molar-refractivity contribution >= 4 is 39.4 Å². The second kappa shape index (κ2) is 10.2. The van der Waals surface area contributed by atoms with E-state index in [2.05, 4.69) is 10.3 Å². The summed E-state index contributed by atoms with van der Waals surface area (Å²) in [4.78, 5) is 57.4. The Hall–Kier alpha value is -3.19. The van der Waals surface area contributed by atoms with Gasteiger partial charge in [0.25, 0.3) is 17.6 Å². The van der Waals surface area contributed by atoms with Crippen molar-refractivity contribution in [3.63, 3.8) is 0 Å². The third-order valence-corrected chi connectivity index (χ3v) is 7.78. The summed E-state index contributed by atoms with van der Waals surface area (Å²) in [6.45, 7) is 1.77. The maximum atomic E-state index is 13.5. The number of carbonyl (C=O) groups is 4. The van der Waals surface area contributed by atoms with Crippen molar-refractivity contribution in [3.8, 4) is 0 Å². The standard InChI is InChI=1S/C22H28FN5O6S/c1-13-10-14(7-8-15(13)23)11-24-21(31)18-19(30)22(32)28-9-5-6-16(20(28)25-18)27(4)17(29)12-35(33,34)26(2)3/h7-8,10,16,18H,5-6,9,11-12H2,1-4H3,(H,24,31)/t16-,18?/m1/s1. The van der Waals surface area contributed by atoms with Crippen molar-refractivity contribution in [2.75, 3.05) is 33.4 Å². The van der Waals surface area contributed by atoms with Gasteiger partial charge in [-0.15, -0.1) is 0 Å². The Morgan fingerprint density at radius 1 is 1.23 bits per heavy atom. The zero-order valence-corrected chi connectivity index (χ0v) is 20.8. The van der Waals surface area contributed by atoms with Crippen LogP contribution < -0.4 is 5.32 Å². The van der Waals surface area contributed by atoms with Crippen LogP contribution in [0.25, 0.3) is 0 Å². The van der Waals surface area contributed by atoms with Crippen LogP contribution in [-0.4, -0.2) is 97.4 Å². The van der Waals surface area contributed by atoms with Crippen molar-refractivity contribution in [3.05, 3.63) is 35.1 Å². The molecule has 1 N–H and O–H groups in total. The summed E-state index contributed by atoms with van der Waals surface area (Å²) < 4.78 is 38.7. The second-order valence-corrected chi connectivity index (χ2v) is 10.9. The largest absolute Gasteiger partial charge is 0.350 e. The highest BCUT2D eigenvalue weighted by atomic mass is 32.2. The first-order chi connectivity index (χ1) is 16.3. The number of hydrogen-bond donors (Lipinski definition) is 1. The predicted octanol–water partition coefficient (Wildman–Crippen LogP) is -0.559. The number of rotatable bonds is 7. The number of aliphatic imine (C=N–C) groups is 1. The molecule has 2 atom stereocenters. The normalized spacial score (nSPS) is 20.4. The van der Waals surface area contributed by atoms with E-state index in [1.807, 2.05) is 0 Å². The van der Waals surface area contributed by atoms with Crippen LogP contribution in [-0.2, 0) is 35.7 Å². The van der Waals surface area contributed by atoms with Gasteiger partial charge in [-0.3, -0.25) is 24.1 Å². The Kier molecular flexibility index (Phi) is 7.70. The molecule has 0 saturated carbocycles. The van der Waals surface area contributed by atoms with Gasteiger partial charge >= 0.3 is 0 Å². The number of aryl methyl sites for hydroxylation is 1. The minimum Gasteiger partial charge on any atom is -0.350 e. The number of nitrogens with zero attached hydrogens (tertiary/aromatic N) is 4. The molecule has 1 aromatic rings. The van der Waals surface area contributed by atoms with Crippen molar-refractivity contribution in [1.29, 1.82) is 0 Å². The van der Waals surface area contributed by atoms with E-state index in [4.69, 9.17) is 0 Å². The number of amides is 3. The maximum Gasteiger partial charge on any atom is 0.298 e. The molecule has 0 aliphatic carbocycles. The summed E-state index contributed by atoms with van der Waals surface area (Å²) in [5, 5.41) is 2.55. The fraction of sp³-hybridized carbons (Fsp3) is 0.500. The van der Waals surface area contributed by atoms with E-state index in [0.29, 0.717) is 24.0 Å². The Morgan fingerprint density at radius 3 is 2.54 bits per heavy atom. The molecule has 1 unspecified atom stereocenters. The number of Topliss-reactive ketones (excluding diaryl/α,β-unsaturated/α-hetero) is 1. The fourth-order valence-corrected chi connectivity index (χ4v) is 4.65. The van der Waals surface area contributed by atoms with Crippen molar-refractivity contribution < 1.29 is 32.0 Å². The Bertz CT molecular complexity index is 1200. The van der Waals surface area contributed by atoms with E-state index in [0.717, 1.165) is 9.21 Å². The van der Waals surface area contributed by atoms with Crippen LogP contribution in [0.1, 0.15) is 24.0 Å². The molecule has 0 spiro atoms. The Balaban J connectivity index is 1.81. The highest BCUT2D eigenvalue weighted by Gasteiger charge is 2.45. The van der Waals surface area contributed by atoms with Crippen LogP contribution >= 0.6 is 0 Å². The molecule has 0 radical (unpaired) electrons. The number of halogens is 1. The van der Waals surface area contributed by atoms with E-state index >= 15 is 0 Å². The SMILES string of the molecule is Cc1cc(CNC(=O)C2N=C3[C@H](N(C)C(=O)CS(=O)(=O)N(C)C)CCCN3C(=O)C2=O)ccc1F. The third-order valence-electron chi connectivity index (χ3n) is 6.06. The summed E-state index contributed by atoms with van der Waals surface area (Å²) >= 11 is 0. The molecule has 190 valence electrons. The molecule has 11 nitrogen and oxygen atoms in total. The van der Waals surface area contributed by atoms with E-state index in [1.54, 1.807) is 13.0 Å². The smallest absolute Gasteiger partial charge is 0.298 e. The van der Waals surface area contributed by atoms with Gasteiger partial charge < -0.3 is 10.2 Å². The zero-order chi connectivity index (χ0) is 26.1. The van der Waals surface area contributed by atoms with Crippen LogP contribution in [0.2, 0.25) is 0 Å². The lowest BCUT2D eigenvalue weighted by molar-refractivity contribution is -0.146. The van der Waals surface area contributed by atoms with Gasteiger partial charge in [-0.2, -0.15) is 0 Å². The number of benzene rings is 1. The van der Waals surface area contributed by atoms with Gasteiger partial charge in [0.2, 0.25) is 15.9 Å². The lowest BCUT2D eigenvalue weighted by Gasteiger charge is -2.41. The van der Waals surface area contributed by atoms with E-state index in [9.17, 15) is 32.0 Å². The number of fused-ring (bicyclic) bond motifs is 1. The highest BCUT2D eigenvalue weighted by Crippen LogP contribution is 2.23. The van der Waals surface area contributed by atoms with Gasteiger partial charge in [0.05, 0.1) is 6.04 Å². The van der Waals surface area contributed by atoms with Gasteiger partial charge in [0.15, 0.2) is 6.04 Å². The van der Waals surface area contributed by atoms with Gasteiger partial charge in [0.1, 0.15) is 17.4 Å². The molecule has 3 amide bonds. The molecule has 0 bridgehead atoms. The van der Waals surface area contributed by atoms with Crippen LogP contribution in [0.15, 0.2) is 23.2 Å². The number of ketones is 1. The van der Waals surface area contributed by atoms with Crippen LogP contribution in [0.4, 0.5) is 4.39 Å². The van der Waals surface area contributed by atoms with Gasteiger partial charge in [-0.05, 0) is 37.0 Å². The lowest BCUT2D eigenvalue weighted by atomic mass is 9.98. The highest BCUT2D eigenvalue weighted by molar-refractivity contribution is 7.89. The molecule has 1 saturated heterocycles. The van der Waals surface area contributed by atoms with Gasteiger partial charge in [-0.1, -0.05) is 12.1 Å². The molecule has 2 aliphatic heterocycles. The number of piperidine rings is 1. The summed E-state index contributed by atoms with van der Waals surface area (Å²) in [5.41, 5.74) is 0.995. The molecule has 35 heavy (non-hydrogen) atoms. The molecule has 0 aromatic heterocycles. The van der Waals surface area contributed by atoms with Crippen LogP contribution in [0.3, 0.4) is 0 Å². The first-order valence-corrected chi connectivity index (χ1v) is 12.6. The molecular formula is C22H28FN5O6S. The molecular weight excluding hydrogens is 481 g/mol. The van der Waals surface area contributed by atoms with E-state index in [1.165, 1.54) is 38.2 Å². The fourth-order valence-electron chi connectivity index (χ4n) is 3.88. The monoisotopic (exact) mass is 509 g/mol. The van der Waals surface area contributed by atoms with Gasteiger partial charge in [-0.25, -0.2) is 22.1 Å². The van der Waals surface area contributed by atoms with Crippen molar-refractivity contribution in [2.45, 2.75) is 38.4 Å². The molecule has 3 rings (SSSR count). The average molecular weight is 510 g/mol. The number of nitrogens with one attached hydrogen (secondary N) is 1. The van der Waals surface area contributed by atoms with Crippen LogP contribution in [0.5, 0.6) is 0 Å². The molecule has 1 aromatic carbocycles. The summed E-state index contributed by atoms with van der Waals surface area (Å²) in [6.07, 6.45) is 0.839. The summed E-state index contributed by atoms with van der Waals surface area (Å²) in [7, 11) is 0.219. The quantitative estimate of drug-likeness (QED) is 0.387. The number of sulfonamides is 1. The minimum atomic E-state index is -3.81. The summed E-state index contributed by atoms with van der Waals surface area (Å²) in [5.74, 6) is -4.48. The molecule has 13 heteroatoms. The molecule has 2 heterocycles. The maximum absolute atomic E-state index is 13.5. The second-order valence-electron chi connectivity index (χ2n) is 8.71. The number of likely N-dealkylation sites (N-methyl/N-ethyl adjacent to an activating group) is 1. The number of hydrogen-bond acceptors (Lipinski definition) is 7. The molecule has 1 fully saturated rings. The zero-order valence-electron chi connectivity index (χ0n) is 19.9. The summed E-state index contributed by atoms with van der Waals surface area (Å²) in [6, 6.07) is 1.89.